The summed E-state index contributed by atoms with van der Waals surface area (Å²) in [5.41, 5.74) is 5.33. The maximum Gasteiger partial charge on any atom is 0.265 e. The second-order valence-electron chi connectivity index (χ2n) is 8.94. The molecule has 0 spiro atoms. The van der Waals surface area contributed by atoms with Crippen molar-refractivity contribution in [3.8, 4) is 16.9 Å². The van der Waals surface area contributed by atoms with Gasteiger partial charge in [-0.25, -0.2) is 8.42 Å². The number of benzene rings is 3. The Morgan fingerprint density at radius 2 is 1.76 bits per heavy atom. The Kier molecular flexibility index (Phi) is 6.31. The van der Waals surface area contributed by atoms with Gasteiger partial charge in [-0.2, -0.15) is 5.10 Å². The molecule has 4 aromatic rings. The summed E-state index contributed by atoms with van der Waals surface area (Å²) in [5, 5.41) is 7.39. The number of ether oxygens (including phenoxy) is 1. The molecule has 1 aliphatic rings. The normalized spacial score (nSPS) is 12.7. The molecule has 188 valence electrons. The summed E-state index contributed by atoms with van der Waals surface area (Å²) in [6, 6.07) is 19.8. The molecule has 0 saturated heterocycles. The highest BCUT2D eigenvalue weighted by Crippen LogP contribution is 2.42. The number of amides is 1. The number of hydrogen-bond acceptors (Lipinski definition) is 5. The predicted octanol–water partition coefficient (Wildman–Crippen LogP) is 5.15. The van der Waals surface area contributed by atoms with Crippen molar-refractivity contribution in [1.29, 1.82) is 0 Å². The predicted molar refractivity (Wildman–Crippen MR) is 144 cm³/mol. The van der Waals surface area contributed by atoms with Crippen molar-refractivity contribution in [3.63, 3.8) is 0 Å². The van der Waals surface area contributed by atoms with E-state index in [1.54, 1.807) is 41.2 Å². The fraction of sp³-hybridized carbons (Fsp3) is 0.143. The molecule has 0 radical (unpaired) electrons. The van der Waals surface area contributed by atoms with E-state index in [-0.39, 0.29) is 16.6 Å². The fourth-order valence-electron chi connectivity index (χ4n) is 4.44. The molecule has 0 aliphatic carbocycles. The van der Waals surface area contributed by atoms with E-state index in [2.05, 4.69) is 15.1 Å². The van der Waals surface area contributed by atoms with E-state index in [0.29, 0.717) is 40.2 Å². The Hall–Kier alpha value is -4.37. The highest BCUT2D eigenvalue weighted by atomic mass is 32.2. The zero-order valence-corrected chi connectivity index (χ0v) is 21.5. The van der Waals surface area contributed by atoms with Gasteiger partial charge in [0, 0.05) is 34.1 Å². The van der Waals surface area contributed by atoms with Gasteiger partial charge < -0.3 is 10.1 Å². The molecule has 0 bridgehead atoms. The topological polar surface area (TPSA) is 102 Å². The van der Waals surface area contributed by atoms with Crippen LogP contribution in [0.5, 0.6) is 5.75 Å². The quantitative estimate of drug-likeness (QED) is 0.332. The monoisotopic (exact) mass is 514 g/mol. The van der Waals surface area contributed by atoms with Crippen LogP contribution in [0.1, 0.15) is 25.0 Å². The maximum atomic E-state index is 13.5. The first-order chi connectivity index (χ1) is 17.8. The summed E-state index contributed by atoms with van der Waals surface area (Å²) < 4.78 is 36.8. The van der Waals surface area contributed by atoms with Crippen molar-refractivity contribution >= 4 is 32.9 Å². The van der Waals surface area contributed by atoms with Crippen LogP contribution in [0.25, 0.3) is 16.7 Å². The number of hydrogen-bond donors (Lipinski definition) is 2. The smallest absolute Gasteiger partial charge is 0.265 e. The molecule has 0 saturated carbocycles. The summed E-state index contributed by atoms with van der Waals surface area (Å²) in [6.45, 7) is 4.27. The van der Waals surface area contributed by atoms with E-state index in [0.717, 1.165) is 11.1 Å². The Labute approximate surface area is 215 Å². The lowest BCUT2D eigenvalue weighted by atomic mass is 9.98. The van der Waals surface area contributed by atoms with Gasteiger partial charge in [0.15, 0.2) is 0 Å². The fourth-order valence-corrected chi connectivity index (χ4v) is 5.68. The van der Waals surface area contributed by atoms with Crippen LogP contribution in [0, 0.1) is 0 Å². The maximum absolute atomic E-state index is 13.5. The van der Waals surface area contributed by atoms with E-state index in [1.165, 1.54) is 13.2 Å². The molecule has 0 unspecified atom stereocenters. The number of allylic oxidation sites excluding steroid dienone is 1. The Balaban J connectivity index is 1.61. The molecular formula is C28H26N4O4S. The van der Waals surface area contributed by atoms with Crippen LogP contribution in [-0.2, 0) is 21.4 Å². The summed E-state index contributed by atoms with van der Waals surface area (Å²) >= 11 is 0. The number of nitrogens with zero attached hydrogens (tertiary/aromatic N) is 2. The zero-order valence-electron chi connectivity index (χ0n) is 20.6. The second-order valence-corrected chi connectivity index (χ2v) is 10.6. The van der Waals surface area contributed by atoms with Crippen molar-refractivity contribution in [2.45, 2.75) is 25.3 Å². The third-order valence-electron chi connectivity index (χ3n) is 6.14. The largest absolute Gasteiger partial charge is 0.495 e. The molecule has 9 heteroatoms. The number of rotatable bonds is 7. The number of carbonyl (C=O) groups is 1. The molecule has 1 amide bonds. The number of fused-ring (bicyclic) bond motifs is 1. The lowest BCUT2D eigenvalue weighted by molar-refractivity contribution is -0.110. The number of methoxy groups -OCH3 is 1. The van der Waals surface area contributed by atoms with E-state index < -0.39 is 10.0 Å². The standard InChI is InChI=1S/C28H26N4O4S/c1-18(2)27-22-14-24(31-37(34,35)26-12-8-7-11-25(26)36-3)21(13-23(22)30-28(27)33)20-15-29-32(17-20)16-19-9-5-4-6-10-19/h4-15,17,31H,16H2,1-3H3,(H,30,33). The number of sulfonamides is 1. The third kappa shape index (κ3) is 4.73. The van der Waals surface area contributed by atoms with Crippen molar-refractivity contribution in [1.82, 2.24) is 9.78 Å². The first kappa shape index (κ1) is 24.3. The number of anilines is 2. The average molecular weight is 515 g/mol. The lowest BCUT2D eigenvalue weighted by Gasteiger charge is -2.16. The average Bonchev–Trinajstić information content (AvgIpc) is 3.46. The molecule has 1 aromatic heterocycles. The molecule has 5 rings (SSSR count). The molecule has 2 N–H and O–H groups in total. The van der Waals surface area contributed by atoms with Crippen LogP contribution < -0.4 is 14.8 Å². The Morgan fingerprint density at radius 1 is 1.03 bits per heavy atom. The minimum Gasteiger partial charge on any atom is -0.495 e. The molecule has 2 heterocycles. The van der Waals surface area contributed by atoms with Crippen molar-refractivity contribution in [2.75, 3.05) is 17.1 Å². The van der Waals surface area contributed by atoms with Crippen molar-refractivity contribution in [3.05, 3.63) is 95.8 Å². The van der Waals surface area contributed by atoms with Gasteiger partial charge >= 0.3 is 0 Å². The van der Waals surface area contributed by atoms with Gasteiger partial charge in [-0.1, -0.05) is 48.0 Å². The molecule has 0 fully saturated rings. The van der Waals surface area contributed by atoms with E-state index in [9.17, 15) is 13.2 Å². The Morgan fingerprint density at radius 3 is 2.49 bits per heavy atom. The molecular weight excluding hydrogens is 488 g/mol. The van der Waals surface area contributed by atoms with Crippen LogP contribution in [-0.4, -0.2) is 31.2 Å². The van der Waals surface area contributed by atoms with Gasteiger partial charge in [-0.05, 0) is 43.7 Å². The number of aromatic nitrogens is 2. The third-order valence-corrected chi connectivity index (χ3v) is 7.54. The van der Waals surface area contributed by atoms with E-state index >= 15 is 0 Å². The number of para-hydroxylation sites is 1. The van der Waals surface area contributed by atoms with Crippen molar-refractivity contribution in [2.24, 2.45) is 0 Å². The van der Waals surface area contributed by atoms with Crippen LogP contribution in [0.15, 0.2) is 89.6 Å². The van der Waals surface area contributed by atoms with Crippen LogP contribution in [0.4, 0.5) is 11.4 Å². The van der Waals surface area contributed by atoms with Gasteiger partial charge in [0.2, 0.25) is 0 Å². The molecule has 0 atom stereocenters. The molecule has 1 aliphatic heterocycles. The lowest BCUT2D eigenvalue weighted by Crippen LogP contribution is -2.15. The Bertz CT molecular complexity index is 1640. The van der Waals surface area contributed by atoms with Crippen LogP contribution in [0.2, 0.25) is 0 Å². The van der Waals surface area contributed by atoms with Gasteiger partial charge in [0.1, 0.15) is 10.6 Å². The second kappa shape index (κ2) is 9.59. The highest BCUT2D eigenvalue weighted by molar-refractivity contribution is 7.92. The highest BCUT2D eigenvalue weighted by Gasteiger charge is 2.29. The first-order valence-corrected chi connectivity index (χ1v) is 13.1. The molecule has 3 aromatic carbocycles. The summed E-state index contributed by atoms with van der Waals surface area (Å²) in [6.07, 6.45) is 3.54. The van der Waals surface area contributed by atoms with E-state index in [1.807, 2.05) is 50.4 Å². The SMILES string of the molecule is COc1ccccc1S(=O)(=O)Nc1cc2c(cc1-c1cnn(Cc3ccccc3)c1)NC(=O)C2=C(C)C. The minimum absolute atomic E-state index is 0.0142. The minimum atomic E-state index is -4.02. The summed E-state index contributed by atoms with van der Waals surface area (Å²) in [4.78, 5) is 12.7. The number of carbonyl (C=O) groups excluding carboxylic acids is 1. The van der Waals surface area contributed by atoms with E-state index in [4.69, 9.17) is 4.74 Å². The summed E-state index contributed by atoms with van der Waals surface area (Å²) in [5.74, 6) is 0.0145. The van der Waals surface area contributed by atoms with Crippen LogP contribution in [0.3, 0.4) is 0 Å². The molecule has 8 nitrogen and oxygen atoms in total. The van der Waals surface area contributed by atoms with Gasteiger partial charge in [-0.15, -0.1) is 0 Å². The van der Waals surface area contributed by atoms with Gasteiger partial charge in [-0.3, -0.25) is 14.2 Å². The first-order valence-electron chi connectivity index (χ1n) is 11.7. The van der Waals surface area contributed by atoms with Gasteiger partial charge in [0.05, 0.1) is 25.5 Å². The molecule has 37 heavy (non-hydrogen) atoms. The van der Waals surface area contributed by atoms with Crippen LogP contribution >= 0.6 is 0 Å². The van der Waals surface area contributed by atoms with Crippen molar-refractivity contribution < 1.29 is 17.9 Å². The number of nitrogens with one attached hydrogen (secondary N) is 2. The van der Waals surface area contributed by atoms with Gasteiger partial charge in [0.25, 0.3) is 15.9 Å². The zero-order chi connectivity index (χ0) is 26.2. The summed E-state index contributed by atoms with van der Waals surface area (Å²) in [7, 11) is -2.60.